The van der Waals surface area contributed by atoms with Crippen molar-refractivity contribution in [2.24, 2.45) is 0 Å². The number of carbonyl (C=O) groups excluding carboxylic acids is 2. The number of benzene rings is 4. The minimum Gasteiger partial charge on any atom is -0.326 e. The Bertz CT molecular complexity index is 1490. The van der Waals surface area contributed by atoms with Crippen molar-refractivity contribution in [3.05, 3.63) is 126 Å². The molecular weight excluding hydrogens is 496 g/mol. The van der Waals surface area contributed by atoms with E-state index >= 15 is 0 Å². The Kier molecular flexibility index (Phi) is 8.38. The molecular formula is C31H30N2O4S. The summed E-state index contributed by atoms with van der Waals surface area (Å²) in [6.07, 6.45) is 0.265. The summed E-state index contributed by atoms with van der Waals surface area (Å²) in [6, 6.07) is 31.2. The van der Waals surface area contributed by atoms with Crippen LogP contribution in [0.25, 0.3) is 0 Å². The average Bonchev–Trinajstić information content (AvgIpc) is 2.93. The van der Waals surface area contributed by atoms with Gasteiger partial charge < -0.3 is 5.32 Å². The first-order valence-corrected chi connectivity index (χ1v) is 13.9. The van der Waals surface area contributed by atoms with Crippen LogP contribution in [0.15, 0.2) is 114 Å². The van der Waals surface area contributed by atoms with Gasteiger partial charge in [-0.1, -0.05) is 85.3 Å². The number of hydrogen-bond donors (Lipinski definition) is 1. The molecule has 38 heavy (non-hydrogen) atoms. The molecule has 0 bridgehead atoms. The van der Waals surface area contributed by atoms with E-state index in [1.54, 1.807) is 30.3 Å². The minimum absolute atomic E-state index is 0.103. The number of sulfonamides is 1. The summed E-state index contributed by atoms with van der Waals surface area (Å²) in [5.41, 5.74) is 3.37. The second kappa shape index (κ2) is 11.9. The van der Waals surface area contributed by atoms with Gasteiger partial charge in [0.15, 0.2) is 5.78 Å². The van der Waals surface area contributed by atoms with Gasteiger partial charge in [0.1, 0.15) is 0 Å². The van der Waals surface area contributed by atoms with Gasteiger partial charge in [-0.2, -0.15) is 0 Å². The quantitative estimate of drug-likeness (QED) is 0.188. The van der Waals surface area contributed by atoms with Crippen molar-refractivity contribution in [3.8, 4) is 0 Å². The summed E-state index contributed by atoms with van der Waals surface area (Å²) in [6.45, 7) is 3.92. The van der Waals surface area contributed by atoms with Gasteiger partial charge in [0.2, 0.25) is 5.91 Å². The third kappa shape index (κ3) is 6.18. The zero-order valence-electron chi connectivity index (χ0n) is 21.4. The summed E-state index contributed by atoms with van der Waals surface area (Å²) in [4.78, 5) is 24.9. The fourth-order valence-electron chi connectivity index (χ4n) is 4.29. The van der Waals surface area contributed by atoms with Crippen LogP contribution in [-0.4, -0.2) is 20.1 Å². The molecule has 0 saturated carbocycles. The van der Waals surface area contributed by atoms with Gasteiger partial charge in [0.05, 0.1) is 23.0 Å². The van der Waals surface area contributed by atoms with E-state index < -0.39 is 22.0 Å². The van der Waals surface area contributed by atoms with Gasteiger partial charge in [0, 0.05) is 11.3 Å². The van der Waals surface area contributed by atoms with Crippen LogP contribution in [0.2, 0.25) is 0 Å². The van der Waals surface area contributed by atoms with Crippen LogP contribution in [-0.2, 0) is 14.8 Å². The van der Waals surface area contributed by atoms with Gasteiger partial charge >= 0.3 is 0 Å². The van der Waals surface area contributed by atoms with Crippen LogP contribution in [0.5, 0.6) is 0 Å². The molecule has 1 amide bonds. The normalized spacial score (nSPS) is 11.9. The monoisotopic (exact) mass is 526 g/mol. The van der Waals surface area contributed by atoms with Crippen LogP contribution in [0.1, 0.15) is 47.3 Å². The summed E-state index contributed by atoms with van der Waals surface area (Å²) in [5, 5.41) is 2.68. The Hall–Kier alpha value is -4.23. The lowest BCUT2D eigenvalue weighted by Crippen LogP contribution is -2.35. The molecule has 0 fully saturated rings. The van der Waals surface area contributed by atoms with Crippen molar-refractivity contribution in [2.45, 2.75) is 37.6 Å². The molecule has 0 radical (unpaired) electrons. The molecule has 4 aromatic rings. The summed E-state index contributed by atoms with van der Waals surface area (Å²) >= 11 is 0. The van der Waals surface area contributed by atoms with Crippen molar-refractivity contribution in [3.63, 3.8) is 0 Å². The molecule has 1 N–H and O–H groups in total. The maximum absolute atomic E-state index is 14.0. The van der Waals surface area contributed by atoms with E-state index in [9.17, 15) is 18.0 Å². The molecule has 1 atom stereocenters. The van der Waals surface area contributed by atoms with E-state index in [0.717, 1.165) is 11.1 Å². The molecule has 6 nitrogen and oxygen atoms in total. The third-order valence-corrected chi connectivity index (χ3v) is 8.11. The number of nitrogens with one attached hydrogen (secondary N) is 1. The van der Waals surface area contributed by atoms with Crippen LogP contribution >= 0.6 is 0 Å². The first-order chi connectivity index (χ1) is 18.3. The number of hydrogen-bond acceptors (Lipinski definition) is 4. The highest BCUT2D eigenvalue weighted by Crippen LogP contribution is 2.35. The van der Waals surface area contributed by atoms with Gasteiger partial charge in [-0.25, -0.2) is 8.42 Å². The van der Waals surface area contributed by atoms with E-state index in [1.165, 1.54) is 28.6 Å². The molecule has 194 valence electrons. The van der Waals surface area contributed by atoms with E-state index in [0.29, 0.717) is 23.4 Å². The second-order valence-electron chi connectivity index (χ2n) is 9.01. The molecule has 7 heteroatoms. The molecule has 0 heterocycles. The number of rotatable bonds is 10. The zero-order chi connectivity index (χ0) is 27.1. The Morgan fingerprint density at radius 3 is 1.95 bits per heavy atom. The summed E-state index contributed by atoms with van der Waals surface area (Å²) in [7, 11) is -3.96. The molecule has 0 aliphatic heterocycles. The lowest BCUT2D eigenvalue weighted by atomic mass is 10.0. The first kappa shape index (κ1) is 26.8. The topological polar surface area (TPSA) is 83.6 Å². The van der Waals surface area contributed by atoms with E-state index in [1.807, 2.05) is 68.4 Å². The average molecular weight is 527 g/mol. The number of aryl methyl sites for hydroxylation is 1. The SMILES string of the molecule is CCC(c1ccccc1)N(c1ccc(C)cc1)S(=O)(=O)c1ccc(NC(=O)CC(=O)c2ccccc2)cc1. The highest BCUT2D eigenvalue weighted by atomic mass is 32.2. The molecule has 4 aromatic carbocycles. The largest absolute Gasteiger partial charge is 0.326 e. The Labute approximate surface area is 224 Å². The number of amides is 1. The Morgan fingerprint density at radius 2 is 1.37 bits per heavy atom. The molecule has 0 aromatic heterocycles. The highest BCUT2D eigenvalue weighted by Gasteiger charge is 2.32. The first-order valence-electron chi connectivity index (χ1n) is 12.4. The van der Waals surface area contributed by atoms with E-state index in [4.69, 9.17) is 0 Å². The fraction of sp³-hybridized carbons (Fsp3) is 0.161. The van der Waals surface area contributed by atoms with Crippen LogP contribution in [0.4, 0.5) is 11.4 Å². The number of carbonyl (C=O) groups is 2. The number of ketones is 1. The lowest BCUT2D eigenvalue weighted by molar-refractivity contribution is -0.115. The fourth-order valence-corrected chi connectivity index (χ4v) is 6.00. The molecule has 4 rings (SSSR count). The molecule has 0 saturated heterocycles. The molecule has 0 aliphatic carbocycles. The van der Waals surface area contributed by atoms with E-state index in [2.05, 4.69) is 5.32 Å². The number of Topliss-reactive ketones (excluding diaryl/α,β-unsaturated/α-hetero) is 1. The van der Waals surface area contributed by atoms with Gasteiger partial charge in [-0.05, 0) is 55.3 Å². The maximum Gasteiger partial charge on any atom is 0.264 e. The summed E-state index contributed by atoms with van der Waals surface area (Å²) < 4.78 is 29.5. The highest BCUT2D eigenvalue weighted by molar-refractivity contribution is 7.92. The predicted molar refractivity (Wildman–Crippen MR) is 151 cm³/mol. The van der Waals surface area contributed by atoms with Crippen LogP contribution in [0.3, 0.4) is 0 Å². The Morgan fingerprint density at radius 1 is 0.789 bits per heavy atom. The number of nitrogens with zero attached hydrogens (tertiary/aromatic N) is 1. The lowest BCUT2D eigenvalue weighted by Gasteiger charge is -2.33. The van der Waals surface area contributed by atoms with Crippen LogP contribution < -0.4 is 9.62 Å². The standard InChI is InChI=1S/C31H30N2O4S/c1-3-29(24-10-6-4-7-11-24)33(27-18-14-23(2)15-19-27)38(36,37)28-20-16-26(17-21-28)32-31(35)22-30(34)25-12-8-5-9-13-25/h4-21,29H,3,22H2,1-2H3,(H,32,35). The predicted octanol–water partition coefficient (Wildman–Crippen LogP) is 6.55. The van der Waals surface area contributed by atoms with Crippen molar-refractivity contribution < 1.29 is 18.0 Å². The number of anilines is 2. The van der Waals surface area contributed by atoms with Crippen molar-refractivity contribution in [1.82, 2.24) is 0 Å². The molecule has 0 spiro atoms. The van der Waals surface area contributed by atoms with E-state index in [-0.39, 0.29) is 17.1 Å². The third-order valence-electron chi connectivity index (χ3n) is 6.25. The smallest absolute Gasteiger partial charge is 0.264 e. The Balaban J connectivity index is 1.59. The summed E-state index contributed by atoms with van der Waals surface area (Å²) in [5.74, 6) is -0.756. The second-order valence-corrected chi connectivity index (χ2v) is 10.8. The van der Waals surface area contributed by atoms with Crippen LogP contribution in [0, 0.1) is 6.92 Å². The zero-order valence-corrected chi connectivity index (χ0v) is 22.2. The van der Waals surface area contributed by atoms with Crippen molar-refractivity contribution in [2.75, 3.05) is 9.62 Å². The van der Waals surface area contributed by atoms with Crippen molar-refractivity contribution >= 4 is 33.1 Å². The van der Waals surface area contributed by atoms with Gasteiger partial charge in [0.25, 0.3) is 10.0 Å². The van der Waals surface area contributed by atoms with Gasteiger partial charge in [-0.15, -0.1) is 0 Å². The maximum atomic E-state index is 14.0. The molecule has 1 unspecified atom stereocenters. The van der Waals surface area contributed by atoms with Gasteiger partial charge in [-0.3, -0.25) is 13.9 Å². The molecule has 0 aliphatic rings. The van der Waals surface area contributed by atoms with Crippen molar-refractivity contribution in [1.29, 1.82) is 0 Å². The minimum atomic E-state index is -3.96.